The molecule has 21 heavy (non-hydrogen) atoms. The number of ether oxygens (including phenoxy) is 2. The van der Waals surface area contributed by atoms with Gasteiger partial charge in [-0.25, -0.2) is 9.59 Å². The molecule has 0 radical (unpaired) electrons. The van der Waals surface area contributed by atoms with Gasteiger partial charge in [-0.1, -0.05) is 0 Å². The standard InChI is InChI=1S/C10H19NO5.CH4O3S/c1-10(2,3)16-9(14)11-7(5-6-12)8(13)15-4;1-5(2,3)4/h7,12H,5-6H2,1-4H3,(H,11,14);1H3,(H,2,3,4)/t7-;/m0./s1. The Hall–Kier alpha value is -1.39. The number of methoxy groups -OCH3 is 1. The predicted octanol–water partition coefficient (Wildman–Crippen LogP) is -0.0609. The van der Waals surface area contributed by atoms with Gasteiger partial charge in [0, 0.05) is 13.0 Å². The fourth-order valence-electron chi connectivity index (χ4n) is 0.970. The summed E-state index contributed by atoms with van der Waals surface area (Å²) in [6, 6.07) is -0.884. The van der Waals surface area contributed by atoms with E-state index in [0.29, 0.717) is 6.26 Å². The van der Waals surface area contributed by atoms with Crippen molar-refractivity contribution in [3.63, 3.8) is 0 Å². The second kappa shape index (κ2) is 9.53. The Labute approximate surface area is 124 Å². The van der Waals surface area contributed by atoms with E-state index in [9.17, 15) is 18.0 Å². The second-order valence-electron chi connectivity index (χ2n) is 4.97. The van der Waals surface area contributed by atoms with E-state index in [1.54, 1.807) is 20.8 Å². The van der Waals surface area contributed by atoms with Gasteiger partial charge in [0.25, 0.3) is 10.1 Å². The van der Waals surface area contributed by atoms with Crippen molar-refractivity contribution in [1.29, 1.82) is 0 Å². The van der Waals surface area contributed by atoms with Gasteiger partial charge in [-0.05, 0) is 20.8 Å². The number of nitrogens with one attached hydrogen (secondary N) is 1. The second-order valence-corrected chi connectivity index (χ2v) is 6.43. The molecular weight excluding hydrogens is 306 g/mol. The molecule has 0 saturated carbocycles. The average molecular weight is 329 g/mol. The van der Waals surface area contributed by atoms with Gasteiger partial charge in [-0.15, -0.1) is 0 Å². The van der Waals surface area contributed by atoms with Gasteiger partial charge in [0.2, 0.25) is 0 Å². The zero-order chi connectivity index (χ0) is 17.3. The van der Waals surface area contributed by atoms with Crippen LogP contribution in [0, 0.1) is 0 Å². The molecule has 0 unspecified atom stereocenters. The highest BCUT2D eigenvalue weighted by atomic mass is 32.2. The summed E-state index contributed by atoms with van der Waals surface area (Å²) in [5, 5.41) is 11.1. The lowest BCUT2D eigenvalue weighted by Crippen LogP contribution is -2.44. The summed E-state index contributed by atoms with van der Waals surface area (Å²) in [5.41, 5.74) is -0.635. The molecule has 10 heteroatoms. The van der Waals surface area contributed by atoms with E-state index >= 15 is 0 Å². The highest BCUT2D eigenvalue weighted by molar-refractivity contribution is 7.85. The van der Waals surface area contributed by atoms with E-state index in [-0.39, 0.29) is 13.0 Å². The highest BCUT2D eigenvalue weighted by Crippen LogP contribution is 2.07. The van der Waals surface area contributed by atoms with Crippen LogP contribution >= 0.6 is 0 Å². The Morgan fingerprint density at radius 3 is 2.00 bits per heavy atom. The molecule has 0 rings (SSSR count). The average Bonchev–Trinajstić information content (AvgIpc) is 2.22. The van der Waals surface area contributed by atoms with Crippen LogP contribution in [0.15, 0.2) is 0 Å². The third-order valence-corrected chi connectivity index (χ3v) is 1.59. The smallest absolute Gasteiger partial charge is 0.408 e. The number of aliphatic hydroxyl groups is 1. The molecule has 0 aliphatic heterocycles. The number of esters is 1. The molecule has 0 aromatic heterocycles. The predicted molar refractivity (Wildman–Crippen MR) is 74.3 cm³/mol. The molecule has 9 nitrogen and oxygen atoms in total. The molecule has 1 atom stereocenters. The summed E-state index contributed by atoms with van der Waals surface area (Å²) in [5.74, 6) is -0.611. The van der Waals surface area contributed by atoms with E-state index in [1.807, 2.05) is 0 Å². The Kier molecular flexibility index (Phi) is 9.94. The fraction of sp³-hybridized carbons (Fsp3) is 0.818. The Morgan fingerprint density at radius 2 is 1.71 bits per heavy atom. The van der Waals surface area contributed by atoms with Crippen molar-refractivity contribution in [2.45, 2.75) is 38.8 Å². The molecule has 1 amide bonds. The van der Waals surface area contributed by atoms with E-state index in [2.05, 4.69) is 10.1 Å². The summed E-state index contributed by atoms with van der Waals surface area (Å²) in [6.45, 7) is 4.92. The minimum atomic E-state index is -3.67. The molecule has 3 N–H and O–H groups in total. The van der Waals surface area contributed by atoms with Crippen molar-refractivity contribution in [2.75, 3.05) is 20.0 Å². The van der Waals surface area contributed by atoms with Gasteiger partial charge in [0.15, 0.2) is 0 Å². The quantitative estimate of drug-likeness (QED) is 0.481. The van der Waals surface area contributed by atoms with Crippen LogP contribution in [0.25, 0.3) is 0 Å². The Morgan fingerprint density at radius 1 is 1.29 bits per heavy atom. The molecule has 126 valence electrons. The number of carbonyl (C=O) groups is 2. The summed E-state index contributed by atoms with van der Waals surface area (Å²) >= 11 is 0. The number of amides is 1. The summed E-state index contributed by atoms with van der Waals surface area (Å²) < 4.78 is 35.3. The van der Waals surface area contributed by atoms with Crippen molar-refractivity contribution < 1.29 is 37.1 Å². The normalized spacial score (nSPS) is 12.5. The number of carbonyl (C=O) groups excluding carboxylic acids is 2. The van der Waals surface area contributed by atoms with Crippen molar-refractivity contribution in [2.24, 2.45) is 0 Å². The van der Waals surface area contributed by atoms with Crippen molar-refractivity contribution in [1.82, 2.24) is 5.32 Å². The van der Waals surface area contributed by atoms with Crippen LogP contribution in [0.3, 0.4) is 0 Å². The molecule has 0 aliphatic carbocycles. The van der Waals surface area contributed by atoms with Gasteiger partial charge >= 0.3 is 12.1 Å². The lowest BCUT2D eigenvalue weighted by atomic mass is 10.2. The molecule has 0 aromatic rings. The topological polar surface area (TPSA) is 139 Å². The first-order valence-corrected chi connectivity index (χ1v) is 7.75. The zero-order valence-electron chi connectivity index (χ0n) is 12.7. The van der Waals surface area contributed by atoms with Gasteiger partial charge in [-0.3, -0.25) is 4.55 Å². The van der Waals surface area contributed by atoms with Gasteiger partial charge < -0.3 is 19.9 Å². The Balaban J connectivity index is 0. The molecule has 0 spiro atoms. The maximum Gasteiger partial charge on any atom is 0.408 e. The lowest BCUT2D eigenvalue weighted by Gasteiger charge is -2.22. The Bertz CT molecular complexity index is 418. The SMILES string of the molecule is COC(=O)[C@H](CCO)NC(=O)OC(C)(C)C.CS(=O)(=O)O. The van der Waals surface area contributed by atoms with Crippen molar-refractivity contribution >= 4 is 22.2 Å². The third-order valence-electron chi connectivity index (χ3n) is 1.59. The lowest BCUT2D eigenvalue weighted by molar-refractivity contribution is -0.143. The summed E-state index contributed by atoms with van der Waals surface area (Å²) in [7, 11) is -2.45. The minimum Gasteiger partial charge on any atom is -0.467 e. The van der Waals surface area contributed by atoms with Crippen molar-refractivity contribution in [3.05, 3.63) is 0 Å². The molecule has 0 aromatic carbocycles. The molecule has 0 fully saturated rings. The first-order valence-electron chi connectivity index (χ1n) is 5.90. The monoisotopic (exact) mass is 329 g/mol. The van der Waals surface area contributed by atoms with Crippen LogP contribution in [0.4, 0.5) is 4.79 Å². The van der Waals surface area contributed by atoms with Crippen LogP contribution in [0.1, 0.15) is 27.2 Å². The van der Waals surface area contributed by atoms with E-state index < -0.39 is 33.8 Å². The maximum absolute atomic E-state index is 11.3. The third kappa shape index (κ3) is 18.6. The highest BCUT2D eigenvalue weighted by Gasteiger charge is 2.24. The first-order chi connectivity index (χ1) is 9.30. The maximum atomic E-state index is 11.3. The number of hydrogen-bond acceptors (Lipinski definition) is 7. The van der Waals surface area contributed by atoms with Crippen LogP contribution < -0.4 is 5.32 Å². The molecule has 0 bridgehead atoms. The van der Waals surface area contributed by atoms with Crippen LogP contribution in [0.2, 0.25) is 0 Å². The van der Waals surface area contributed by atoms with E-state index in [0.717, 1.165) is 0 Å². The molecule has 0 heterocycles. The van der Waals surface area contributed by atoms with Gasteiger partial charge in [0.05, 0.1) is 13.4 Å². The number of rotatable bonds is 4. The van der Waals surface area contributed by atoms with Gasteiger partial charge in [0.1, 0.15) is 11.6 Å². The fourth-order valence-corrected chi connectivity index (χ4v) is 0.970. The van der Waals surface area contributed by atoms with Crippen molar-refractivity contribution in [3.8, 4) is 0 Å². The van der Waals surface area contributed by atoms with Crippen LogP contribution in [0.5, 0.6) is 0 Å². The zero-order valence-corrected chi connectivity index (χ0v) is 13.6. The first kappa shape index (κ1) is 21.9. The largest absolute Gasteiger partial charge is 0.467 e. The summed E-state index contributed by atoms with van der Waals surface area (Å²) in [4.78, 5) is 22.5. The minimum absolute atomic E-state index is 0.0892. The molecule has 0 aliphatic rings. The van der Waals surface area contributed by atoms with Crippen LogP contribution in [-0.2, 0) is 24.4 Å². The van der Waals surface area contributed by atoms with E-state index in [4.69, 9.17) is 14.4 Å². The van der Waals surface area contributed by atoms with Crippen LogP contribution in [-0.4, -0.2) is 61.8 Å². The van der Waals surface area contributed by atoms with E-state index in [1.165, 1.54) is 7.11 Å². The van der Waals surface area contributed by atoms with Gasteiger partial charge in [-0.2, -0.15) is 8.42 Å². The molecular formula is C11H23NO8S. The number of alkyl carbamates (subject to hydrolysis) is 1. The molecule has 0 saturated heterocycles. The summed E-state index contributed by atoms with van der Waals surface area (Å²) in [6.07, 6.45) is 0.0928. The number of aliphatic hydroxyl groups excluding tert-OH is 1. The number of hydrogen-bond donors (Lipinski definition) is 3.